The molecule has 26 heavy (non-hydrogen) atoms. The van der Waals surface area contributed by atoms with Gasteiger partial charge in [0.15, 0.2) is 0 Å². The Labute approximate surface area is 163 Å². The van der Waals surface area contributed by atoms with Gasteiger partial charge in [-0.05, 0) is 65.4 Å². The number of halogens is 1. The number of benzene rings is 1. The molecular formula is C19H20BrN3O2S. The van der Waals surface area contributed by atoms with Crippen molar-refractivity contribution in [2.24, 2.45) is 0 Å². The van der Waals surface area contributed by atoms with E-state index in [1.54, 1.807) is 18.4 Å². The van der Waals surface area contributed by atoms with Crippen LogP contribution in [-0.4, -0.2) is 17.1 Å². The van der Waals surface area contributed by atoms with Crippen LogP contribution in [-0.2, 0) is 19.4 Å². The van der Waals surface area contributed by atoms with E-state index in [9.17, 15) is 4.79 Å². The molecule has 1 aromatic carbocycles. The van der Waals surface area contributed by atoms with Crippen LogP contribution in [0.1, 0.15) is 41.2 Å². The van der Waals surface area contributed by atoms with E-state index in [1.807, 2.05) is 18.2 Å². The average molecular weight is 434 g/mol. The lowest BCUT2D eigenvalue weighted by Crippen LogP contribution is -2.22. The van der Waals surface area contributed by atoms with Crippen molar-refractivity contribution in [3.05, 3.63) is 54.9 Å². The van der Waals surface area contributed by atoms with Crippen LogP contribution in [0.15, 0.2) is 27.5 Å². The molecule has 2 N–H and O–H groups in total. The standard InChI is InChI=1S/C19H20BrN3O2S/c1-10(11-6-7-14(25-2)13(20)8-11)21-9-16-22-18(24)17-12-4-3-5-15(12)26-19(17)23-16/h6-8,10,21H,3-5,9H2,1-2H3,(H,22,23,24). The molecule has 5 nitrogen and oxygen atoms in total. The highest BCUT2D eigenvalue weighted by molar-refractivity contribution is 9.10. The van der Waals surface area contributed by atoms with E-state index in [-0.39, 0.29) is 11.6 Å². The number of H-pyrrole nitrogens is 1. The van der Waals surface area contributed by atoms with Gasteiger partial charge in [-0.1, -0.05) is 6.07 Å². The second-order valence-corrected chi connectivity index (χ2v) is 8.48. The Bertz CT molecular complexity index is 1030. The first kappa shape index (κ1) is 17.7. The predicted molar refractivity (Wildman–Crippen MR) is 108 cm³/mol. The molecule has 1 atom stereocenters. The summed E-state index contributed by atoms with van der Waals surface area (Å²) in [7, 11) is 1.65. The van der Waals surface area contributed by atoms with Crippen LogP contribution in [0, 0.1) is 0 Å². The Balaban J connectivity index is 1.52. The highest BCUT2D eigenvalue weighted by Crippen LogP contribution is 2.34. The molecule has 1 unspecified atom stereocenters. The van der Waals surface area contributed by atoms with Gasteiger partial charge in [0.05, 0.1) is 23.5 Å². The first-order valence-corrected chi connectivity index (χ1v) is 10.3. The van der Waals surface area contributed by atoms with E-state index in [2.05, 4.69) is 38.1 Å². The highest BCUT2D eigenvalue weighted by atomic mass is 79.9. The number of fused-ring (bicyclic) bond motifs is 3. The number of nitrogens with zero attached hydrogens (tertiary/aromatic N) is 1. The molecule has 2 heterocycles. The van der Waals surface area contributed by atoms with Crippen LogP contribution in [0.3, 0.4) is 0 Å². The van der Waals surface area contributed by atoms with Crippen LogP contribution < -0.4 is 15.6 Å². The zero-order chi connectivity index (χ0) is 18.3. The van der Waals surface area contributed by atoms with Gasteiger partial charge in [-0.25, -0.2) is 4.98 Å². The molecule has 0 amide bonds. The molecule has 1 aliphatic carbocycles. The van der Waals surface area contributed by atoms with Crippen molar-refractivity contribution in [2.45, 2.75) is 38.8 Å². The molecular weight excluding hydrogens is 414 g/mol. The maximum Gasteiger partial charge on any atom is 0.259 e. The maximum absolute atomic E-state index is 12.5. The van der Waals surface area contributed by atoms with E-state index in [4.69, 9.17) is 4.74 Å². The van der Waals surface area contributed by atoms with Crippen molar-refractivity contribution >= 4 is 37.5 Å². The Kier molecular flexibility index (Phi) is 4.86. The first-order chi connectivity index (χ1) is 12.6. The number of aromatic amines is 1. The van der Waals surface area contributed by atoms with Gasteiger partial charge in [0.2, 0.25) is 0 Å². The lowest BCUT2D eigenvalue weighted by atomic mass is 10.1. The number of hydrogen-bond donors (Lipinski definition) is 2. The van der Waals surface area contributed by atoms with Gasteiger partial charge in [-0.2, -0.15) is 0 Å². The van der Waals surface area contributed by atoms with Gasteiger partial charge in [-0.3, -0.25) is 4.79 Å². The molecule has 2 aromatic heterocycles. The van der Waals surface area contributed by atoms with Crippen molar-refractivity contribution in [3.63, 3.8) is 0 Å². The minimum atomic E-state index is -0.00829. The van der Waals surface area contributed by atoms with Crippen molar-refractivity contribution < 1.29 is 4.74 Å². The van der Waals surface area contributed by atoms with Gasteiger partial charge >= 0.3 is 0 Å². The number of thiophene rings is 1. The Morgan fingerprint density at radius 3 is 3.04 bits per heavy atom. The van der Waals surface area contributed by atoms with Gasteiger partial charge < -0.3 is 15.0 Å². The quantitative estimate of drug-likeness (QED) is 0.635. The van der Waals surface area contributed by atoms with E-state index >= 15 is 0 Å². The van der Waals surface area contributed by atoms with E-state index in [0.29, 0.717) is 12.4 Å². The molecule has 3 aromatic rings. The molecule has 0 aliphatic heterocycles. The molecule has 0 spiro atoms. The van der Waals surface area contributed by atoms with Gasteiger partial charge in [0, 0.05) is 10.9 Å². The summed E-state index contributed by atoms with van der Waals surface area (Å²) >= 11 is 5.19. The van der Waals surface area contributed by atoms with Gasteiger partial charge in [0.25, 0.3) is 5.56 Å². The summed E-state index contributed by atoms with van der Waals surface area (Å²) in [5.41, 5.74) is 2.34. The van der Waals surface area contributed by atoms with Gasteiger partial charge in [0.1, 0.15) is 16.4 Å². The van der Waals surface area contributed by atoms with Crippen molar-refractivity contribution in [1.29, 1.82) is 0 Å². The SMILES string of the molecule is COc1ccc(C(C)NCc2nc3sc4c(c3c(=O)[nH]2)CCC4)cc1Br. The first-order valence-electron chi connectivity index (χ1n) is 8.67. The fourth-order valence-corrected chi connectivity index (χ4v) is 5.29. The second kappa shape index (κ2) is 7.13. The van der Waals surface area contributed by atoms with E-state index < -0.39 is 0 Å². The topological polar surface area (TPSA) is 67.0 Å². The fourth-order valence-electron chi connectivity index (χ4n) is 3.45. The fraction of sp³-hybridized carbons (Fsp3) is 0.368. The Morgan fingerprint density at radius 2 is 2.27 bits per heavy atom. The molecule has 0 bridgehead atoms. The minimum Gasteiger partial charge on any atom is -0.496 e. The number of nitrogens with one attached hydrogen (secondary N) is 2. The second-order valence-electron chi connectivity index (χ2n) is 6.55. The summed E-state index contributed by atoms with van der Waals surface area (Å²) in [5, 5.41) is 4.24. The largest absolute Gasteiger partial charge is 0.496 e. The molecule has 136 valence electrons. The minimum absolute atomic E-state index is 0.00829. The monoisotopic (exact) mass is 433 g/mol. The Hall–Kier alpha value is -1.70. The summed E-state index contributed by atoms with van der Waals surface area (Å²) in [6.45, 7) is 2.60. The summed E-state index contributed by atoms with van der Waals surface area (Å²) in [6.07, 6.45) is 3.22. The van der Waals surface area contributed by atoms with Crippen molar-refractivity contribution in [3.8, 4) is 5.75 Å². The third-order valence-electron chi connectivity index (χ3n) is 4.88. The molecule has 1 aliphatic rings. The van der Waals surface area contributed by atoms with Crippen molar-refractivity contribution in [1.82, 2.24) is 15.3 Å². The van der Waals surface area contributed by atoms with Crippen LogP contribution in [0.4, 0.5) is 0 Å². The van der Waals surface area contributed by atoms with Crippen LogP contribution in [0.5, 0.6) is 5.75 Å². The molecule has 0 saturated carbocycles. The smallest absolute Gasteiger partial charge is 0.259 e. The number of rotatable bonds is 5. The summed E-state index contributed by atoms with van der Waals surface area (Å²) in [5.74, 6) is 1.49. The molecule has 7 heteroatoms. The van der Waals surface area contributed by atoms with Crippen LogP contribution in [0.2, 0.25) is 0 Å². The normalized spacial score (nSPS) is 14.6. The number of hydrogen-bond acceptors (Lipinski definition) is 5. The van der Waals surface area contributed by atoms with Crippen LogP contribution in [0.25, 0.3) is 10.2 Å². The molecule has 0 fully saturated rings. The summed E-state index contributed by atoms with van der Waals surface area (Å²) < 4.78 is 6.20. The summed E-state index contributed by atoms with van der Waals surface area (Å²) in [6, 6.07) is 6.13. The number of aromatic nitrogens is 2. The number of methoxy groups -OCH3 is 1. The summed E-state index contributed by atoms with van der Waals surface area (Å²) in [4.78, 5) is 22.3. The zero-order valence-corrected chi connectivity index (χ0v) is 17.1. The number of ether oxygens (including phenoxy) is 1. The third kappa shape index (κ3) is 3.19. The lowest BCUT2D eigenvalue weighted by Gasteiger charge is -2.15. The predicted octanol–water partition coefficient (Wildman–Crippen LogP) is 4.10. The Morgan fingerprint density at radius 1 is 1.42 bits per heavy atom. The lowest BCUT2D eigenvalue weighted by molar-refractivity contribution is 0.411. The van der Waals surface area contributed by atoms with Gasteiger partial charge in [-0.15, -0.1) is 11.3 Å². The molecule has 0 radical (unpaired) electrons. The number of aryl methyl sites for hydroxylation is 2. The average Bonchev–Trinajstić information content (AvgIpc) is 3.20. The maximum atomic E-state index is 12.5. The van der Waals surface area contributed by atoms with Crippen molar-refractivity contribution in [2.75, 3.05) is 7.11 Å². The molecule has 4 rings (SSSR count). The third-order valence-corrected chi connectivity index (χ3v) is 6.68. The highest BCUT2D eigenvalue weighted by Gasteiger charge is 2.21. The molecule has 0 saturated heterocycles. The van der Waals surface area contributed by atoms with E-state index in [0.717, 1.165) is 45.3 Å². The van der Waals surface area contributed by atoms with E-state index in [1.165, 1.54) is 10.4 Å². The van der Waals surface area contributed by atoms with Crippen LogP contribution >= 0.6 is 27.3 Å². The zero-order valence-electron chi connectivity index (χ0n) is 14.7.